The number of ketones is 1. The highest BCUT2D eigenvalue weighted by Crippen LogP contribution is 2.46. The maximum absolute atomic E-state index is 11.9. The smallest absolute Gasteiger partial charge is 0.223 e. The van der Waals surface area contributed by atoms with Crippen LogP contribution in [0.2, 0.25) is 10.0 Å². The number of pyridine rings is 1. The Morgan fingerprint density at radius 3 is 2.54 bits per heavy atom. The van der Waals surface area contributed by atoms with Gasteiger partial charge in [0, 0.05) is 35.6 Å². The van der Waals surface area contributed by atoms with Gasteiger partial charge in [0.25, 0.3) is 0 Å². The Bertz CT molecular complexity index is 1330. The van der Waals surface area contributed by atoms with Crippen LogP contribution < -0.4 is 14.8 Å². The summed E-state index contributed by atoms with van der Waals surface area (Å²) in [5.41, 5.74) is 2.77. The first kappa shape index (κ1) is 25.7. The van der Waals surface area contributed by atoms with Gasteiger partial charge in [-0.1, -0.05) is 29.8 Å². The summed E-state index contributed by atoms with van der Waals surface area (Å²) >= 11 is 13.4. The number of fused-ring (bicyclic) bond motifs is 1. The third-order valence-electron chi connectivity index (χ3n) is 6.85. The summed E-state index contributed by atoms with van der Waals surface area (Å²) in [6, 6.07) is 3.47. The van der Waals surface area contributed by atoms with Gasteiger partial charge in [0.1, 0.15) is 11.5 Å². The third kappa shape index (κ3) is 5.37. The monoisotopic (exact) mass is 542 g/mol. The molecule has 0 bridgehead atoms. The number of nitrogens with zero attached hydrogens (tertiary/aromatic N) is 3. The predicted molar refractivity (Wildman–Crippen MR) is 144 cm³/mol. The molecule has 0 amide bonds. The van der Waals surface area contributed by atoms with E-state index in [4.69, 9.17) is 47.4 Å². The van der Waals surface area contributed by atoms with Crippen LogP contribution in [0.1, 0.15) is 25.0 Å². The highest BCUT2D eigenvalue weighted by molar-refractivity contribution is 6.41. The van der Waals surface area contributed by atoms with Crippen molar-refractivity contribution in [2.24, 2.45) is 11.8 Å². The maximum Gasteiger partial charge on any atom is 0.223 e. The van der Waals surface area contributed by atoms with Gasteiger partial charge in [0.2, 0.25) is 5.95 Å². The van der Waals surface area contributed by atoms with Crippen molar-refractivity contribution in [3.05, 3.63) is 46.7 Å². The number of hydrogen-bond donors (Lipinski definition) is 1. The first-order valence-electron chi connectivity index (χ1n) is 12.2. The topological polar surface area (TPSA) is 95.5 Å². The Morgan fingerprint density at radius 1 is 1.16 bits per heavy atom. The van der Waals surface area contributed by atoms with Crippen molar-refractivity contribution in [1.29, 1.82) is 0 Å². The van der Waals surface area contributed by atoms with Gasteiger partial charge < -0.3 is 19.5 Å². The average Bonchev–Trinajstić information content (AvgIpc) is 3.62. The lowest BCUT2D eigenvalue weighted by Crippen LogP contribution is -2.30. The minimum Gasteiger partial charge on any atom is -0.495 e. The summed E-state index contributed by atoms with van der Waals surface area (Å²) in [4.78, 5) is 26.3. The first-order valence-corrected chi connectivity index (χ1v) is 12.9. The molecule has 1 N–H and O–H groups in total. The van der Waals surface area contributed by atoms with Crippen LogP contribution in [-0.4, -0.2) is 54.2 Å². The number of methoxy groups -OCH3 is 2. The fourth-order valence-electron chi connectivity index (χ4n) is 4.62. The van der Waals surface area contributed by atoms with Gasteiger partial charge in [-0.05, 0) is 37.3 Å². The molecule has 1 aromatic carbocycles. The van der Waals surface area contributed by atoms with Crippen molar-refractivity contribution in [1.82, 2.24) is 15.0 Å². The maximum atomic E-state index is 11.9. The van der Waals surface area contributed by atoms with E-state index in [0.717, 1.165) is 35.9 Å². The van der Waals surface area contributed by atoms with Crippen LogP contribution in [0.25, 0.3) is 22.2 Å². The lowest BCUT2D eigenvalue weighted by molar-refractivity contribution is -0.115. The molecular formula is C27H28Cl2N4O4. The van der Waals surface area contributed by atoms with E-state index in [1.807, 2.05) is 6.07 Å². The van der Waals surface area contributed by atoms with E-state index in [2.05, 4.69) is 16.9 Å². The minimum absolute atomic E-state index is 0.00308. The van der Waals surface area contributed by atoms with Crippen LogP contribution in [0.4, 0.5) is 5.95 Å². The van der Waals surface area contributed by atoms with Crippen molar-refractivity contribution >= 4 is 45.8 Å². The number of benzene rings is 1. The quantitative estimate of drug-likeness (QED) is 0.333. The number of aromatic nitrogens is 3. The molecular weight excluding hydrogens is 515 g/mol. The molecule has 2 aliphatic rings. The fourth-order valence-corrected chi connectivity index (χ4v) is 5.31. The van der Waals surface area contributed by atoms with Gasteiger partial charge in [0.05, 0.1) is 60.4 Å². The number of anilines is 1. The molecule has 0 radical (unpaired) electrons. The minimum atomic E-state index is -0.0673. The Hall–Kier alpha value is -2.94. The molecule has 0 unspecified atom stereocenters. The van der Waals surface area contributed by atoms with Gasteiger partial charge in [-0.25, -0.2) is 9.97 Å². The summed E-state index contributed by atoms with van der Waals surface area (Å²) in [6.07, 6.45) is 6.61. The van der Waals surface area contributed by atoms with Gasteiger partial charge >= 0.3 is 0 Å². The van der Waals surface area contributed by atoms with Crippen LogP contribution in [0.15, 0.2) is 31.0 Å². The molecule has 1 aliphatic carbocycles. The Balaban J connectivity index is 1.54. The molecule has 37 heavy (non-hydrogen) atoms. The van der Waals surface area contributed by atoms with Crippen molar-refractivity contribution in [3.63, 3.8) is 0 Å². The average molecular weight is 543 g/mol. The van der Waals surface area contributed by atoms with Crippen molar-refractivity contribution in [2.75, 3.05) is 32.8 Å². The summed E-state index contributed by atoms with van der Waals surface area (Å²) in [5.74, 6) is 1.97. The number of ether oxygens (including phenoxy) is 3. The zero-order valence-corrected chi connectivity index (χ0v) is 22.2. The summed E-state index contributed by atoms with van der Waals surface area (Å²) in [5, 5.41) is 4.91. The van der Waals surface area contributed by atoms with Gasteiger partial charge in [0.15, 0.2) is 5.78 Å². The van der Waals surface area contributed by atoms with E-state index in [0.29, 0.717) is 64.3 Å². The summed E-state index contributed by atoms with van der Waals surface area (Å²) in [7, 11) is 3.08. The number of nitrogens with one attached hydrogen (secondary N) is 1. The number of rotatable bonds is 10. The fraction of sp³-hybridized carbons (Fsp3) is 0.407. The largest absolute Gasteiger partial charge is 0.495 e. The van der Waals surface area contributed by atoms with Crippen molar-refractivity contribution in [2.45, 2.75) is 31.7 Å². The van der Waals surface area contributed by atoms with Crippen LogP contribution in [0.3, 0.4) is 0 Å². The number of halogens is 2. The van der Waals surface area contributed by atoms with E-state index in [1.165, 1.54) is 6.08 Å². The molecule has 8 nitrogen and oxygen atoms in total. The zero-order chi connectivity index (χ0) is 26.1. The number of allylic oxidation sites excluding steroid dienone is 1. The standard InChI is InChI=1S/C27H28Cl2N4O4/c1-4-17(34)8-16-12-37-13-20(16)32-27-30-11-15-9-18(31-19(26(15)33-27)7-14-5-6-14)23-24(28)21(35-2)10-22(36-3)25(23)29/h4,9-11,14,16,20H,1,5-8,12-13H2,2-3H3,(H,30,32,33)/t16-,20+/m0/s1. The molecule has 1 aliphatic heterocycles. The normalized spacial score (nSPS) is 19.1. The highest BCUT2D eigenvalue weighted by atomic mass is 35.5. The number of hydrogen-bond acceptors (Lipinski definition) is 8. The van der Waals surface area contributed by atoms with Crippen LogP contribution in [-0.2, 0) is 16.0 Å². The zero-order valence-electron chi connectivity index (χ0n) is 20.7. The van der Waals surface area contributed by atoms with E-state index in [1.54, 1.807) is 26.5 Å². The van der Waals surface area contributed by atoms with Crippen LogP contribution in [0.5, 0.6) is 11.5 Å². The second-order valence-corrected chi connectivity index (χ2v) is 10.2. The van der Waals surface area contributed by atoms with Gasteiger partial charge in [-0.15, -0.1) is 0 Å². The Kier molecular flexibility index (Phi) is 7.51. The van der Waals surface area contributed by atoms with Crippen LogP contribution >= 0.6 is 23.2 Å². The molecule has 1 saturated carbocycles. The molecule has 2 fully saturated rings. The molecule has 5 rings (SSSR count). The van der Waals surface area contributed by atoms with E-state index >= 15 is 0 Å². The molecule has 3 aromatic rings. The van der Waals surface area contributed by atoms with E-state index in [9.17, 15) is 4.79 Å². The lowest BCUT2D eigenvalue weighted by Gasteiger charge is -2.19. The molecule has 3 heterocycles. The summed E-state index contributed by atoms with van der Waals surface area (Å²) in [6.45, 7) is 4.56. The molecule has 2 atom stereocenters. The molecule has 10 heteroatoms. The Morgan fingerprint density at radius 2 is 1.89 bits per heavy atom. The number of carbonyl (C=O) groups excluding carboxylic acids is 1. The first-order chi connectivity index (χ1) is 17.9. The van der Waals surface area contributed by atoms with Crippen molar-refractivity contribution < 1.29 is 19.0 Å². The Labute approximate surface area is 225 Å². The third-order valence-corrected chi connectivity index (χ3v) is 7.60. The highest BCUT2D eigenvalue weighted by Gasteiger charge is 2.31. The van der Waals surface area contributed by atoms with E-state index < -0.39 is 0 Å². The summed E-state index contributed by atoms with van der Waals surface area (Å²) < 4.78 is 16.5. The van der Waals surface area contributed by atoms with Gasteiger partial charge in [-0.2, -0.15) is 0 Å². The second-order valence-electron chi connectivity index (χ2n) is 9.44. The lowest BCUT2D eigenvalue weighted by atomic mass is 9.97. The van der Waals surface area contributed by atoms with Gasteiger partial charge in [-0.3, -0.25) is 9.78 Å². The second kappa shape index (κ2) is 10.8. The number of carbonyl (C=O) groups is 1. The van der Waals surface area contributed by atoms with Crippen molar-refractivity contribution in [3.8, 4) is 22.8 Å². The van der Waals surface area contributed by atoms with E-state index in [-0.39, 0.29) is 17.7 Å². The molecule has 0 spiro atoms. The SMILES string of the molecule is C=CC(=O)C[C@H]1COC[C@H]1Nc1ncc2cc(-c3c(Cl)c(OC)cc(OC)c3Cl)nc(CC3CC3)c2n1. The molecule has 1 saturated heterocycles. The molecule has 2 aromatic heterocycles. The predicted octanol–water partition coefficient (Wildman–Crippen LogP) is 5.54. The van der Waals surface area contributed by atoms with Crippen LogP contribution in [0, 0.1) is 11.8 Å². The molecule has 194 valence electrons.